The van der Waals surface area contributed by atoms with E-state index in [1.54, 1.807) is 12.1 Å². The van der Waals surface area contributed by atoms with Gasteiger partial charge < -0.3 is 14.3 Å². The second-order valence-electron chi connectivity index (χ2n) is 4.83. The average molecular weight is 293 g/mol. The van der Waals surface area contributed by atoms with Gasteiger partial charge in [-0.25, -0.2) is 0 Å². The molecule has 0 fully saturated rings. The number of hydrogen-bond donors (Lipinski definition) is 1. The largest absolute Gasteiger partial charge is 0.545 e. The molecular weight excluding hydrogens is 280 g/mol. The molecule has 0 bridgehead atoms. The number of benzene rings is 2. The molecule has 0 aliphatic rings. The molecule has 22 heavy (non-hydrogen) atoms. The van der Waals surface area contributed by atoms with Crippen LogP contribution in [-0.2, 0) is 0 Å². The fourth-order valence-corrected chi connectivity index (χ4v) is 2.08. The van der Waals surface area contributed by atoms with E-state index in [0.29, 0.717) is 17.2 Å². The van der Waals surface area contributed by atoms with E-state index in [1.165, 1.54) is 12.1 Å². The molecule has 1 heterocycles. The van der Waals surface area contributed by atoms with Gasteiger partial charge in [-0.05, 0) is 36.8 Å². The molecule has 0 saturated carbocycles. The summed E-state index contributed by atoms with van der Waals surface area (Å²) >= 11 is 0. The van der Waals surface area contributed by atoms with E-state index >= 15 is 0 Å². The van der Waals surface area contributed by atoms with E-state index in [-0.39, 0.29) is 5.56 Å². The number of fused-ring (bicyclic) bond motifs is 1. The van der Waals surface area contributed by atoms with E-state index in [1.807, 2.05) is 37.3 Å². The summed E-state index contributed by atoms with van der Waals surface area (Å²) in [4.78, 5) is 10.8. The summed E-state index contributed by atoms with van der Waals surface area (Å²) < 4.78 is 5.71. The van der Waals surface area contributed by atoms with Crippen LogP contribution >= 0.6 is 0 Å². The number of nitrogens with one attached hydrogen (secondary N) is 1. The molecule has 5 nitrogen and oxygen atoms in total. The Morgan fingerprint density at radius 1 is 1.14 bits per heavy atom. The summed E-state index contributed by atoms with van der Waals surface area (Å²) in [5.41, 5.74) is 4.94. The predicted molar refractivity (Wildman–Crippen MR) is 82.8 cm³/mol. The predicted octanol–water partition coefficient (Wildman–Crippen LogP) is 2.63. The molecule has 0 atom stereocenters. The Balaban J connectivity index is 1.82. The minimum Gasteiger partial charge on any atom is -0.545 e. The number of carbonyl (C=O) groups is 1. The lowest BCUT2D eigenvalue weighted by molar-refractivity contribution is -0.255. The normalized spacial score (nSPS) is 11.6. The molecule has 3 rings (SSSR count). The van der Waals surface area contributed by atoms with Crippen LogP contribution in [0.5, 0.6) is 0 Å². The van der Waals surface area contributed by atoms with Crippen molar-refractivity contribution in [1.82, 2.24) is 0 Å². The first-order valence-electron chi connectivity index (χ1n) is 6.74. The quantitative estimate of drug-likeness (QED) is 0.592. The van der Waals surface area contributed by atoms with E-state index in [0.717, 1.165) is 11.0 Å². The Morgan fingerprint density at radius 3 is 2.73 bits per heavy atom. The third-order valence-corrected chi connectivity index (χ3v) is 3.23. The van der Waals surface area contributed by atoms with Crippen molar-refractivity contribution in [3.8, 4) is 0 Å². The first-order chi connectivity index (χ1) is 10.6. The van der Waals surface area contributed by atoms with Crippen LogP contribution in [0.15, 0.2) is 64.1 Å². The number of para-hydroxylation sites is 1. The van der Waals surface area contributed by atoms with Crippen LogP contribution in [0.2, 0.25) is 0 Å². The number of carboxylic acids is 1. The van der Waals surface area contributed by atoms with Crippen molar-refractivity contribution >= 4 is 28.3 Å². The molecule has 2 aromatic carbocycles. The third-order valence-electron chi connectivity index (χ3n) is 3.23. The van der Waals surface area contributed by atoms with Gasteiger partial charge in [0.2, 0.25) is 0 Å². The van der Waals surface area contributed by atoms with Crippen molar-refractivity contribution in [2.24, 2.45) is 5.10 Å². The zero-order chi connectivity index (χ0) is 15.5. The molecule has 0 radical (unpaired) electrons. The molecule has 3 aromatic rings. The minimum atomic E-state index is -1.22. The van der Waals surface area contributed by atoms with E-state index in [4.69, 9.17) is 4.42 Å². The Kier molecular flexibility index (Phi) is 3.62. The number of furan rings is 1. The van der Waals surface area contributed by atoms with Crippen LogP contribution in [0.1, 0.15) is 23.0 Å². The van der Waals surface area contributed by atoms with Gasteiger partial charge in [0.25, 0.3) is 0 Å². The van der Waals surface area contributed by atoms with Crippen LogP contribution < -0.4 is 10.5 Å². The first kappa shape index (κ1) is 13.9. The van der Waals surface area contributed by atoms with Crippen LogP contribution in [0, 0.1) is 0 Å². The molecule has 1 aromatic heterocycles. The number of hydrazone groups is 1. The third kappa shape index (κ3) is 2.83. The van der Waals surface area contributed by atoms with Crippen LogP contribution in [0.25, 0.3) is 11.0 Å². The van der Waals surface area contributed by atoms with Crippen LogP contribution in [0.4, 0.5) is 5.69 Å². The van der Waals surface area contributed by atoms with E-state index in [9.17, 15) is 9.90 Å². The Bertz CT molecular complexity index is 832. The molecular formula is C17H13N2O3-. The van der Waals surface area contributed by atoms with Gasteiger partial charge in [-0.3, -0.25) is 5.43 Å². The first-order valence-corrected chi connectivity index (χ1v) is 6.74. The Hall–Kier alpha value is -3.08. The molecule has 0 aliphatic carbocycles. The Labute approximate surface area is 126 Å². The second kappa shape index (κ2) is 5.73. The van der Waals surface area contributed by atoms with Gasteiger partial charge in [0.15, 0.2) is 5.76 Å². The fourth-order valence-electron chi connectivity index (χ4n) is 2.08. The highest BCUT2D eigenvalue weighted by atomic mass is 16.4. The van der Waals surface area contributed by atoms with Gasteiger partial charge in [0.05, 0.1) is 11.7 Å². The Morgan fingerprint density at radius 2 is 1.95 bits per heavy atom. The molecule has 1 N–H and O–H groups in total. The number of anilines is 1. The number of hydrogen-bond acceptors (Lipinski definition) is 5. The lowest BCUT2D eigenvalue weighted by atomic mass is 10.2. The van der Waals surface area contributed by atoms with E-state index < -0.39 is 5.97 Å². The van der Waals surface area contributed by atoms with Crippen molar-refractivity contribution in [3.05, 3.63) is 65.9 Å². The number of carbonyl (C=O) groups excluding carboxylic acids is 1. The number of carboxylic acid groups (broad SMARTS) is 1. The maximum absolute atomic E-state index is 10.8. The molecule has 0 spiro atoms. The lowest BCUT2D eigenvalue weighted by Crippen LogP contribution is -2.22. The lowest BCUT2D eigenvalue weighted by Gasteiger charge is -2.05. The molecule has 0 aliphatic heterocycles. The summed E-state index contributed by atoms with van der Waals surface area (Å²) in [7, 11) is 0. The summed E-state index contributed by atoms with van der Waals surface area (Å²) in [6.45, 7) is 1.81. The summed E-state index contributed by atoms with van der Waals surface area (Å²) in [6, 6.07) is 15.9. The van der Waals surface area contributed by atoms with Crippen LogP contribution in [0.3, 0.4) is 0 Å². The fraction of sp³-hybridized carbons (Fsp3) is 0.0588. The monoisotopic (exact) mass is 293 g/mol. The van der Waals surface area contributed by atoms with Crippen molar-refractivity contribution in [2.75, 3.05) is 5.43 Å². The van der Waals surface area contributed by atoms with E-state index in [2.05, 4.69) is 10.5 Å². The molecule has 5 heteroatoms. The highest BCUT2D eigenvalue weighted by molar-refractivity contribution is 6.00. The van der Waals surface area contributed by atoms with Gasteiger partial charge >= 0.3 is 0 Å². The van der Waals surface area contributed by atoms with Gasteiger partial charge in [-0.1, -0.05) is 30.3 Å². The summed E-state index contributed by atoms with van der Waals surface area (Å²) in [6.07, 6.45) is 0. The SMILES string of the molecule is C/C(=N/Nc1cccc(C(=O)[O-])c1)c1cc2ccccc2o1. The number of rotatable bonds is 4. The highest BCUT2D eigenvalue weighted by Crippen LogP contribution is 2.19. The zero-order valence-electron chi connectivity index (χ0n) is 11.9. The summed E-state index contributed by atoms with van der Waals surface area (Å²) in [5, 5.41) is 16.0. The van der Waals surface area contributed by atoms with Gasteiger partial charge in [-0.2, -0.15) is 5.10 Å². The van der Waals surface area contributed by atoms with Crippen LogP contribution in [-0.4, -0.2) is 11.7 Å². The summed E-state index contributed by atoms with van der Waals surface area (Å²) in [5.74, 6) is -0.564. The molecule has 0 unspecified atom stereocenters. The minimum absolute atomic E-state index is 0.0987. The van der Waals surface area contributed by atoms with Crippen molar-refractivity contribution in [2.45, 2.75) is 6.92 Å². The topological polar surface area (TPSA) is 77.7 Å². The van der Waals surface area contributed by atoms with Gasteiger partial charge in [0, 0.05) is 5.39 Å². The average Bonchev–Trinajstić information content (AvgIpc) is 2.97. The smallest absolute Gasteiger partial charge is 0.151 e. The number of nitrogens with zero attached hydrogens (tertiary/aromatic N) is 1. The molecule has 0 saturated heterocycles. The highest BCUT2D eigenvalue weighted by Gasteiger charge is 2.06. The van der Waals surface area contributed by atoms with Crippen molar-refractivity contribution in [1.29, 1.82) is 0 Å². The molecule has 0 amide bonds. The zero-order valence-corrected chi connectivity index (χ0v) is 11.9. The second-order valence-corrected chi connectivity index (χ2v) is 4.83. The molecule has 110 valence electrons. The van der Waals surface area contributed by atoms with Gasteiger partial charge in [-0.15, -0.1) is 0 Å². The maximum Gasteiger partial charge on any atom is 0.151 e. The van der Waals surface area contributed by atoms with Gasteiger partial charge in [0.1, 0.15) is 11.3 Å². The maximum atomic E-state index is 10.8. The van der Waals surface area contributed by atoms with Crippen molar-refractivity contribution < 1.29 is 14.3 Å². The number of aromatic carboxylic acids is 1. The standard InChI is InChI=1S/C17H14N2O3/c1-11(16-10-12-5-2-3-8-15(12)22-16)18-19-14-7-4-6-13(9-14)17(20)21/h2-10,19H,1H3,(H,20,21)/p-1/b18-11-. The van der Waals surface area contributed by atoms with Crippen molar-refractivity contribution in [3.63, 3.8) is 0 Å².